The van der Waals surface area contributed by atoms with Crippen molar-refractivity contribution in [1.29, 1.82) is 0 Å². The van der Waals surface area contributed by atoms with E-state index in [1.165, 1.54) is 6.42 Å². The number of nitrogens with zero attached hydrogens (tertiary/aromatic N) is 2. The zero-order valence-corrected chi connectivity index (χ0v) is 10.6. The SMILES string of the molecule is CCC(C)C(O)CN1CCC(N(C)C)C1. The summed E-state index contributed by atoms with van der Waals surface area (Å²) < 4.78 is 0. The lowest BCUT2D eigenvalue weighted by molar-refractivity contribution is 0.0748. The van der Waals surface area contributed by atoms with Crippen LogP contribution in [-0.4, -0.2) is 60.8 Å². The molecule has 0 aromatic carbocycles. The first-order chi connectivity index (χ1) is 7.04. The van der Waals surface area contributed by atoms with Crippen LogP contribution in [-0.2, 0) is 0 Å². The Morgan fingerprint density at radius 1 is 1.47 bits per heavy atom. The lowest BCUT2D eigenvalue weighted by Crippen LogP contribution is -2.37. The van der Waals surface area contributed by atoms with Crippen LogP contribution in [0.4, 0.5) is 0 Å². The molecule has 1 saturated heterocycles. The molecule has 3 nitrogen and oxygen atoms in total. The zero-order valence-electron chi connectivity index (χ0n) is 10.6. The van der Waals surface area contributed by atoms with Crippen LogP contribution < -0.4 is 0 Å². The molecular formula is C12H26N2O. The van der Waals surface area contributed by atoms with Crippen LogP contribution in [0.5, 0.6) is 0 Å². The number of rotatable bonds is 5. The van der Waals surface area contributed by atoms with E-state index >= 15 is 0 Å². The molecule has 1 aliphatic heterocycles. The number of aliphatic hydroxyl groups excluding tert-OH is 1. The van der Waals surface area contributed by atoms with Gasteiger partial charge in [-0.1, -0.05) is 20.3 Å². The second-order valence-electron chi connectivity index (χ2n) is 5.12. The molecule has 90 valence electrons. The number of β-amino-alcohol motifs (C(OH)–C–C–N with tert-alkyl or cyclic N) is 1. The molecule has 0 radical (unpaired) electrons. The molecule has 0 bridgehead atoms. The molecule has 3 heteroatoms. The summed E-state index contributed by atoms with van der Waals surface area (Å²) in [5, 5.41) is 9.95. The van der Waals surface area contributed by atoms with Crippen molar-refractivity contribution in [3.63, 3.8) is 0 Å². The Hall–Kier alpha value is -0.120. The standard InChI is InChI=1S/C12H26N2O/c1-5-10(2)12(15)9-14-7-6-11(8-14)13(3)4/h10-12,15H,5-9H2,1-4H3. The third kappa shape index (κ3) is 3.74. The predicted molar refractivity (Wildman–Crippen MR) is 64.0 cm³/mol. The fraction of sp³-hybridized carbons (Fsp3) is 1.00. The van der Waals surface area contributed by atoms with Gasteiger partial charge in [0.2, 0.25) is 0 Å². The maximum absolute atomic E-state index is 9.95. The number of aliphatic hydroxyl groups is 1. The van der Waals surface area contributed by atoms with Crippen molar-refractivity contribution in [2.45, 2.75) is 38.8 Å². The fourth-order valence-electron chi connectivity index (χ4n) is 2.12. The summed E-state index contributed by atoms with van der Waals surface area (Å²) in [6, 6.07) is 0.675. The fourth-order valence-corrected chi connectivity index (χ4v) is 2.12. The van der Waals surface area contributed by atoms with E-state index < -0.39 is 0 Å². The van der Waals surface area contributed by atoms with Crippen molar-refractivity contribution in [1.82, 2.24) is 9.80 Å². The maximum atomic E-state index is 9.95. The van der Waals surface area contributed by atoms with Crippen LogP contribution >= 0.6 is 0 Å². The Balaban J connectivity index is 2.29. The quantitative estimate of drug-likeness (QED) is 0.740. The van der Waals surface area contributed by atoms with Crippen molar-refractivity contribution < 1.29 is 5.11 Å². The predicted octanol–water partition coefficient (Wildman–Crippen LogP) is 1.03. The first kappa shape index (κ1) is 12.9. The van der Waals surface area contributed by atoms with Crippen LogP contribution in [0.25, 0.3) is 0 Å². The minimum Gasteiger partial charge on any atom is -0.392 e. The normalized spacial score (nSPS) is 27.2. The van der Waals surface area contributed by atoms with E-state index in [1.807, 2.05) is 0 Å². The van der Waals surface area contributed by atoms with E-state index in [-0.39, 0.29) is 6.10 Å². The second-order valence-corrected chi connectivity index (χ2v) is 5.12. The number of hydrogen-bond donors (Lipinski definition) is 1. The van der Waals surface area contributed by atoms with Gasteiger partial charge in [-0.25, -0.2) is 0 Å². The molecular weight excluding hydrogens is 188 g/mol. The Morgan fingerprint density at radius 2 is 2.13 bits per heavy atom. The summed E-state index contributed by atoms with van der Waals surface area (Å²) in [7, 11) is 4.28. The Morgan fingerprint density at radius 3 is 2.60 bits per heavy atom. The Kier molecular flexibility index (Phi) is 5.03. The molecule has 3 atom stereocenters. The van der Waals surface area contributed by atoms with Crippen LogP contribution in [0, 0.1) is 5.92 Å². The van der Waals surface area contributed by atoms with Gasteiger partial charge in [-0.15, -0.1) is 0 Å². The number of likely N-dealkylation sites (tertiary alicyclic amines) is 1. The first-order valence-electron chi connectivity index (χ1n) is 6.11. The summed E-state index contributed by atoms with van der Waals surface area (Å²) in [6.07, 6.45) is 2.14. The highest BCUT2D eigenvalue weighted by atomic mass is 16.3. The van der Waals surface area contributed by atoms with E-state index in [1.54, 1.807) is 0 Å². The third-order valence-corrected chi connectivity index (χ3v) is 3.72. The largest absolute Gasteiger partial charge is 0.392 e. The minimum absolute atomic E-state index is 0.157. The lowest BCUT2D eigenvalue weighted by Gasteiger charge is -2.25. The number of hydrogen-bond acceptors (Lipinski definition) is 3. The highest BCUT2D eigenvalue weighted by Crippen LogP contribution is 2.16. The van der Waals surface area contributed by atoms with Gasteiger partial charge in [0.1, 0.15) is 0 Å². The number of likely N-dealkylation sites (N-methyl/N-ethyl adjacent to an activating group) is 1. The van der Waals surface area contributed by atoms with E-state index in [2.05, 4.69) is 37.7 Å². The molecule has 0 spiro atoms. The van der Waals surface area contributed by atoms with Gasteiger partial charge < -0.3 is 10.0 Å². The molecule has 15 heavy (non-hydrogen) atoms. The summed E-state index contributed by atoms with van der Waals surface area (Å²) in [5.41, 5.74) is 0. The van der Waals surface area contributed by atoms with Gasteiger partial charge in [-0.3, -0.25) is 4.90 Å². The van der Waals surface area contributed by atoms with Gasteiger partial charge >= 0.3 is 0 Å². The average Bonchev–Trinajstić information content (AvgIpc) is 2.65. The van der Waals surface area contributed by atoms with Crippen LogP contribution in [0.1, 0.15) is 26.7 Å². The topological polar surface area (TPSA) is 26.7 Å². The molecule has 1 N–H and O–H groups in total. The molecule has 0 aromatic heterocycles. The summed E-state index contributed by atoms with van der Waals surface area (Å²) >= 11 is 0. The Bertz CT molecular complexity index is 184. The molecule has 1 fully saturated rings. The molecule has 1 aliphatic rings. The second kappa shape index (κ2) is 5.83. The lowest BCUT2D eigenvalue weighted by atomic mass is 10.0. The van der Waals surface area contributed by atoms with Gasteiger partial charge in [0.15, 0.2) is 0 Å². The average molecular weight is 214 g/mol. The smallest absolute Gasteiger partial charge is 0.0692 e. The van der Waals surface area contributed by atoms with Crippen LogP contribution in [0.15, 0.2) is 0 Å². The van der Waals surface area contributed by atoms with Crippen molar-refractivity contribution >= 4 is 0 Å². The monoisotopic (exact) mass is 214 g/mol. The summed E-state index contributed by atoms with van der Waals surface area (Å²) in [6.45, 7) is 7.36. The first-order valence-corrected chi connectivity index (χ1v) is 6.11. The van der Waals surface area contributed by atoms with Crippen LogP contribution in [0.3, 0.4) is 0 Å². The Labute approximate surface area is 94.1 Å². The molecule has 0 aliphatic carbocycles. The molecule has 1 heterocycles. The van der Waals surface area contributed by atoms with Crippen molar-refractivity contribution in [2.24, 2.45) is 5.92 Å². The van der Waals surface area contributed by atoms with E-state index in [4.69, 9.17) is 0 Å². The molecule has 0 amide bonds. The molecule has 0 saturated carbocycles. The van der Waals surface area contributed by atoms with Gasteiger partial charge in [-0.2, -0.15) is 0 Å². The summed E-state index contributed by atoms with van der Waals surface area (Å²) in [5.74, 6) is 0.420. The van der Waals surface area contributed by atoms with Gasteiger partial charge in [0.25, 0.3) is 0 Å². The zero-order chi connectivity index (χ0) is 11.4. The van der Waals surface area contributed by atoms with Gasteiger partial charge in [0, 0.05) is 19.1 Å². The van der Waals surface area contributed by atoms with E-state index in [0.29, 0.717) is 12.0 Å². The maximum Gasteiger partial charge on any atom is 0.0692 e. The summed E-state index contributed by atoms with van der Waals surface area (Å²) in [4.78, 5) is 4.68. The highest BCUT2D eigenvalue weighted by Gasteiger charge is 2.26. The minimum atomic E-state index is -0.157. The third-order valence-electron chi connectivity index (χ3n) is 3.72. The van der Waals surface area contributed by atoms with Crippen molar-refractivity contribution in [2.75, 3.05) is 33.7 Å². The molecule has 0 aromatic rings. The molecule has 3 unspecified atom stereocenters. The van der Waals surface area contributed by atoms with Gasteiger partial charge in [-0.05, 0) is 33.0 Å². The van der Waals surface area contributed by atoms with E-state index in [9.17, 15) is 5.11 Å². The van der Waals surface area contributed by atoms with E-state index in [0.717, 1.165) is 26.1 Å². The highest BCUT2D eigenvalue weighted by molar-refractivity contribution is 4.82. The van der Waals surface area contributed by atoms with Crippen LogP contribution in [0.2, 0.25) is 0 Å². The van der Waals surface area contributed by atoms with Crippen molar-refractivity contribution in [3.05, 3.63) is 0 Å². The molecule has 1 rings (SSSR count). The van der Waals surface area contributed by atoms with Gasteiger partial charge in [0.05, 0.1) is 6.10 Å². The van der Waals surface area contributed by atoms with Crippen molar-refractivity contribution in [3.8, 4) is 0 Å².